The summed E-state index contributed by atoms with van der Waals surface area (Å²) >= 11 is 0. The summed E-state index contributed by atoms with van der Waals surface area (Å²) in [6.45, 7) is 4.71. The zero-order valence-corrected chi connectivity index (χ0v) is 15.1. The van der Waals surface area contributed by atoms with Crippen LogP contribution in [0.15, 0.2) is 18.2 Å². The first kappa shape index (κ1) is 15.0. The number of ketones is 1. The predicted octanol–water partition coefficient (Wildman–Crippen LogP) is 4.76. The van der Waals surface area contributed by atoms with Crippen LogP contribution in [-0.4, -0.2) is 12.9 Å². The third kappa shape index (κ3) is 1.52. The van der Waals surface area contributed by atoms with Gasteiger partial charge in [0.25, 0.3) is 0 Å². The number of ether oxygens (including phenoxy) is 1. The molecule has 0 radical (unpaired) electrons. The molecule has 1 aromatic carbocycles. The van der Waals surface area contributed by atoms with E-state index in [4.69, 9.17) is 4.74 Å². The summed E-state index contributed by atoms with van der Waals surface area (Å²) in [5, 5.41) is 0. The molecule has 5 rings (SSSR count). The number of carbonyl (C=O) groups is 1. The molecule has 0 saturated heterocycles. The molecule has 0 amide bonds. The average molecular weight is 324 g/mol. The van der Waals surface area contributed by atoms with Crippen LogP contribution >= 0.6 is 0 Å². The topological polar surface area (TPSA) is 26.3 Å². The lowest BCUT2D eigenvalue weighted by Crippen LogP contribution is -2.50. The highest BCUT2D eigenvalue weighted by Gasteiger charge is 2.78. The van der Waals surface area contributed by atoms with E-state index in [-0.39, 0.29) is 5.41 Å². The molecule has 3 fully saturated rings. The van der Waals surface area contributed by atoms with Gasteiger partial charge in [-0.15, -0.1) is 0 Å². The molecule has 3 saturated carbocycles. The number of fused-ring (bicyclic) bond motifs is 3. The van der Waals surface area contributed by atoms with Gasteiger partial charge in [-0.3, -0.25) is 4.79 Å². The normalized spacial score (nSPS) is 45.0. The second kappa shape index (κ2) is 4.65. The summed E-state index contributed by atoms with van der Waals surface area (Å²) in [5.74, 6) is 4.33. The molecule has 0 heterocycles. The lowest BCUT2D eigenvalue weighted by Gasteiger charge is -2.54. The summed E-state index contributed by atoms with van der Waals surface area (Å²) in [6.07, 6.45) is 6.73. The van der Waals surface area contributed by atoms with Crippen molar-refractivity contribution in [3.8, 4) is 5.75 Å². The number of carbonyl (C=O) groups excluding carboxylic acids is 1. The Bertz CT molecular complexity index is 723. The third-order valence-electron chi connectivity index (χ3n) is 8.43. The van der Waals surface area contributed by atoms with Crippen molar-refractivity contribution in [2.24, 2.45) is 28.6 Å². The molecule has 24 heavy (non-hydrogen) atoms. The summed E-state index contributed by atoms with van der Waals surface area (Å²) in [6, 6.07) is 6.71. The van der Waals surface area contributed by atoms with E-state index >= 15 is 0 Å². The van der Waals surface area contributed by atoms with Crippen LogP contribution in [0.1, 0.15) is 63.0 Å². The van der Waals surface area contributed by atoms with Crippen LogP contribution in [0.2, 0.25) is 0 Å². The van der Waals surface area contributed by atoms with Gasteiger partial charge in [-0.25, -0.2) is 0 Å². The van der Waals surface area contributed by atoms with Gasteiger partial charge in [0.2, 0.25) is 0 Å². The maximum absolute atomic E-state index is 12.9. The first-order chi connectivity index (χ1) is 11.6. The molecule has 1 spiro atoms. The number of benzene rings is 1. The molecule has 2 heteroatoms. The molecule has 1 aromatic rings. The predicted molar refractivity (Wildman–Crippen MR) is 94.2 cm³/mol. The molecule has 4 aliphatic carbocycles. The van der Waals surface area contributed by atoms with Crippen LogP contribution in [-0.2, 0) is 11.2 Å². The first-order valence-electron chi connectivity index (χ1n) is 9.77. The maximum Gasteiger partial charge on any atom is 0.139 e. The van der Waals surface area contributed by atoms with E-state index in [2.05, 4.69) is 32.0 Å². The minimum absolute atomic E-state index is 0.0249. The van der Waals surface area contributed by atoms with E-state index < -0.39 is 0 Å². The van der Waals surface area contributed by atoms with Gasteiger partial charge in [0.15, 0.2) is 0 Å². The van der Waals surface area contributed by atoms with Crippen molar-refractivity contribution in [2.45, 2.75) is 58.3 Å². The molecule has 0 unspecified atom stereocenters. The molecule has 4 aliphatic rings. The second-order valence-corrected chi connectivity index (χ2v) is 8.92. The Balaban J connectivity index is 1.62. The van der Waals surface area contributed by atoms with E-state index in [0.717, 1.165) is 31.4 Å². The van der Waals surface area contributed by atoms with Crippen molar-refractivity contribution in [1.82, 2.24) is 0 Å². The summed E-state index contributed by atoms with van der Waals surface area (Å²) < 4.78 is 5.45. The van der Waals surface area contributed by atoms with Gasteiger partial charge in [-0.2, -0.15) is 0 Å². The van der Waals surface area contributed by atoms with Crippen molar-refractivity contribution < 1.29 is 9.53 Å². The smallest absolute Gasteiger partial charge is 0.139 e. The standard InChI is InChI=1S/C22H28O2/c1-4-21-8-7-18-17-6-5-16(24-3)10-14(17)9-13(2)20(18)22(21)12-15(22)11-19(21)23/h5-6,10,13,15,18,20H,4,7-9,11-12H2,1-3H3/t13-,15+,18-,20-,21-,22-/m1/s1. The zero-order valence-electron chi connectivity index (χ0n) is 15.1. The SMILES string of the molecule is CC[C@]12CC[C@@H]3c4ccc(OC)cc4C[C@@H](C)[C@H]3[C@]13C[C@@H]3CC2=O. The molecule has 6 atom stereocenters. The fourth-order valence-electron chi connectivity index (χ4n) is 7.59. The Kier molecular flexibility index (Phi) is 2.90. The van der Waals surface area contributed by atoms with Gasteiger partial charge < -0.3 is 4.74 Å². The number of rotatable bonds is 2. The van der Waals surface area contributed by atoms with Gasteiger partial charge in [0.1, 0.15) is 11.5 Å². The molecule has 0 aliphatic heterocycles. The van der Waals surface area contributed by atoms with Crippen molar-refractivity contribution in [2.75, 3.05) is 7.11 Å². The fourth-order valence-corrected chi connectivity index (χ4v) is 7.59. The third-order valence-corrected chi connectivity index (χ3v) is 8.43. The van der Waals surface area contributed by atoms with Crippen molar-refractivity contribution in [1.29, 1.82) is 0 Å². The van der Waals surface area contributed by atoms with Gasteiger partial charge in [-0.1, -0.05) is 19.9 Å². The lowest BCUT2D eigenvalue weighted by molar-refractivity contribution is -0.136. The van der Waals surface area contributed by atoms with Crippen molar-refractivity contribution >= 4 is 5.78 Å². The van der Waals surface area contributed by atoms with Crippen LogP contribution in [0.4, 0.5) is 0 Å². The minimum Gasteiger partial charge on any atom is -0.497 e. The Morgan fingerprint density at radius 3 is 2.88 bits per heavy atom. The number of hydrogen-bond acceptors (Lipinski definition) is 2. The number of Topliss-reactive ketones (excluding diaryl/α,β-unsaturated/α-hetero) is 1. The Hall–Kier alpha value is -1.31. The molecular formula is C22H28O2. The summed E-state index contributed by atoms with van der Waals surface area (Å²) in [5.41, 5.74) is 3.42. The fraction of sp³-hybridized carbons (Fsp3) is 0.682. The average Bonchev–Trinajstić information content (AvgIpc) is 3.22. The molecule has 128 valence electrons. The lowest BCUT2D eigenvalue weighted by atomic mass is 9.49. The van der Waals surface area contributed by atoms with Crippen LogP contribution in [0.25, 0.3) is 0 Å². The van der Waals surface area contributed by atoms with Crippen molar-refractivity contribution in [3.05, 3.63) is 29.3 Å². The van der Waals surface area contributed by atoms with Gasteiger partial charge in [-0.05, 0) is 84.5 Å². The van der Waals surface area contributed by atoms with Crippen LogP contribution in [0.5, 0.6) is 5.75 Å². The Labute approximate surface area is 145 Å². The molecule has 0 bridgehead atoms. The molecular weight excluding hydrogens is 296 g/mol. The number of hydrogen-bond donors (Lipinski definition) is 0. The molecule has 0 N–H and O–H groups in total. The van der Waals surface area contributed by atoms with Crippen LogP contribution in [0, 0.1) is 28.6 Å². The quantitative estimate of drug-likeness (QED) is 0.784. The minimum atomic E-state index is 0.0249. The van der Waals surface area contributed by atoms with Gasteiger partial charge in [0, 0.05) is 11.8 Å². The highest BCUT2D eigenvalue weighted by molar-refractivity contribution is 5.91. The van der Waals surface area contributed by atoms with Crippen LogP contribution < -0.4 is 4.74 Å². The monoisotopic (exact) mass is 324 g/mol. The van der Waals surface area contributed by atoms with Crippen molar-refractivity contribution in [3.63, 3.8) is 0 Å². The van der Waals surface area contributed by atoms with Gasteiger partial charge in [0.05, 0.1) is 7.11 Å². The van der Waals surface area contributed by atoms with E-state index in [1.807, 2.05) is 0 Å². The molecule has 0 aromatic heterocycles. The van der Waals surface area contributed by atoms with E-state index in [1.165, 1.54) is 18.4 Å². The Morgan fingerprint density at radius 2 is 2.12 bits per heavy atom. The maximum atomic E-state index is 12.9. The molecule has 2 nitrogen and oxygen atoms in total. The summed E-state index contributed by atoms with van der Waals surface area (Å²) in [7, 11) is 1.75. The second-order valence-electron chi connectivity index (χ2n) is 8.92. The van der Waals surface area contributed by atoms with E-state index in [0.29, 0.717) is 34.9 Å². The summed E-state index contributed by atoms with van der Waals surface area (Å²) in [4.78, 5) is 12.9. The largest absolute Gasteiger partial charge is 0.497 e. The van der Waals surface area contributed by atoms with Crippen LogP contribution in [0.3, 0.4) is 0 Å². The Morgan fingerprint density at radius 1 is 1.29 bits per heavy atom. The zero-order chi connectivity index (χ0) is 16.7. The van der Waals surface area contributed by atoms with Gasteiger partial charge >= 0.3 is 0 Å². The highest BCUT2D eigenvalue weighted by atomic mass is 16.5. The number of methoxy groups -OCH3 is 1. The first-order valence-corrected chi connectivity index (χ1v) is 9.77. The highest BCUT2D eigenvalue weighted by Crippen LogP contribution is 2.82. The van der Waals surface area contributed by atoms with E-state index in [9.17, 15) is 4.79 Å². The van der Waals surface area contributed by atoms with E-state index in [1.54, 1.807) is 12.7 Å².